The van der Waals surface area contributed by atoms with Gasteiger partial charge in [-0.25, -0.2) is 0 Å². The first-order chi connectivity index (χ1) is 8.81. The minimum Gasteiger partial charge on any atom is -0.0683 e. The van der Waals surface area contributed by atoms with E-state index >= 15 is 0 Å². The molecule has 0 aliphatic carbocycles. The van der Waals surface area contributed by atoms with Crippen LogP contribution >= 0.6 is 0 Å². The van der Waals surface area contributed by atoms with Gasteiger partial charge < -0.3 is 0 Å². The van der Waals surface area contributed by atoms with Crippen molar-refractivity contribution in [2.45, 2.75) is 40.0 Å². The van der Waals surface area contributed by atoms with Crippen LogP contribution in [0.4, 0.5) is 0 Å². The maximum Gasteiger partial charge on any atom is 0.00867 e. The number of hydrogen-bond donors (Lipinski definition) is 0. The van der Waals surface area contributed by atoms with Crippen molar-refractivity contribution in [3.63, 3.8) is 0 Å². The summed E-state index contributed by atoms with van der Waals surface area (Å²) in [4.78, 5) is 0. The second-order valence-electron chi connectivity index (χ2n) is 4.28. The van der Waals surface area contributed by atoms with Gasteiger partial charge in [0.2, 0.25) is 0 Å². The van der Waals surface area contributed by atoms with Crippen LogP contribution in [0.1, 0.15) is 49.8 Å². The van der Waals surface area contributed by atoms with E-state index in [4.69, 9.17) is 0 Å². The van der Waals surface area contributed by atoms with Crippen LogP contribution in [0.5, 0.6) is 0 Å². The lowest BCUT2D eigenvalue weighted by Crippen LogP contribution is -1.99. The lowest BCUT2D eigenvalue weighted by molar-refractivity contribution is 0.777. The Hall–Kier alpha value is -1.56. The van der Waals surface area contributed by atoms with Crippen LogP contribution < -0.4 is 0 Å². The van der Waals surface area contributed by atoms with Crippen molar-refractivity contribution >= 4 is 0 Å². The molecule has 0 fully saturated rings. The molecule has 2 rings (SSSR count). The first-order valence-corrected chi connectivity index (χ1v) is 6.92. The zero-order valence-corrected chi connectivity index (χ0v) is 12.0. The molecule has 2 aromatic rings. The summed E-state index contributed by atoms with van der Waals surface area (Å²) in [6.07, 6.45) is 1.15. The number of benzene rings is 2. The van der Waals surface area contributed by atoms with E-state index < -0.39 is 0 Å². The third kappa shape index (κ3) is 3.73. The van der Waals surface area contributed by atoms with Crippen molar-refractivity contribution in [3.05, 3.63) is 71.3 Å². The number of aryl methyl sites for hydroxylation is 1. The van der Waals surface area contributed by atoms with Crippen molar-refractivity contribution in [2.75, 3.05) is 0 Å². The number of hydrogen-bond acceptors (Lipinski definition) is 0. The van der Waals surface area contributed by atoms with Crippen molar-refractivity contribution in [3.8, 4) is 0 Å². The third-order valence-electron chi connectivity index (χ3n) is 3.09. The van der Waals surface area contributed by atoms with Crippen LogP contribution in [0.15, 0.2) is 54.6 Å². The van der Waals surface area contributed by atoms with Gasteiger partial charge in [-0.15, -0.1) is 0 Å². The fourth-order valence-corrected chi connectivity index (χ4v) is 2.15. The lowest BCUT2D eigenvalue weighted by atomic mass is 9.89. The Morgan fingerprint density at radius 2 is 1.28 bits per heavy atom. The molecule has 0 aromatic heterocycles. The normalized spacial score (nSPS) is 11.3. The van der Waals surface area contributed by atoms with Gasteiger partial charge in [0.25, 0.3) is 0 Å². The van der Waals surface area contributed by atoms with E-state index in [1.807, 2.05) is 13.8 Å². The molecule has 0 spiro atoms. The predicted molar refractivity (Wildman–Crippen MR) is 81.1 cm³/mol. The minimum atomic E-state index is 0.529. The van der Waals surface area contributed by atoms with Gasteiger partial charge in [-0.05, 0) is 24.5 Å². The predicted octanol–water partition coefficient (Wildman–Crippen LogP) is 5.56. The highest BCUT2D eigenvalue weighted by Crippen LogP contribution is 2.27. The molecule has 96 valence electrons. The van der Waals surface area contributed by atoms with E-state index in [1.165, 1.54) is 16.7 Å². The Morgan fingerprint density at radius 3 is 1.78 bits per heavy atom. The molecule has 0 nitrogen and oxygen atoms in total. The fraction of sp³-hybridized carbons (Fsp3) is 0.333. The highest BCUT2D eigenvalue weighted by molar-refractivity contribution is 5.33. The molecule has 0 heteroatoms. The zero-order chi connectivity index (χ0) is 13.4. The third-order valence-corrected chi connectivity index (χ3v) is 3.09. The van der Waals surface area contributed by atoms with Crippen LogP contribution in [0.25, 0.3) is 0 Å². The number of rotatable bonds is 3. The van der Waals surface area contributed by atoms with E-state index in [2.05, 4.69) is 68.4 Å². The van der Waals surface area contributed by atoms with Crippen molar-refractivity contribution < 1.29 is 0 Å². The molecule has 0 amide bonds. The van der Waals surface area contributed by atoms with E-state index in [9.17, 15) is 0 Å². The van der Waals surface area contributed by atoms with E-state index in [0.29, 0.717) is 5.92 Å². The van der Waals surface area contributed by atoms with E-state index in [1.54, 1.807) is 0 Å². The fourth-order valence-electron chi connectivity index (χ4n) is 2.15. The van der Waals surface area contributed by atoms with Gasteiger partial charge >= 0.3 is 0 Å². The first kappa shape index (κ1) is 14.5. The average Bonchev–Trinajstić information content (AvgIpc) is 2.45. The Labute approximate surface area is 112 Å². The molecule has 0 aliphatic rings. The molecular weight excluding hydrogens is 216 g/mol. The Morgan fingerprint density at radius 1 is 0.778 bits per heavy atom. The van der Waals surface area contributed by atoms with Crippen molar-refractivity contribution in [1.82, 2.24) is 0 Å². The highest BCUT2D eigenvalue weighted by atomic mass is 14.1. The van der Waals surface area contributed by atoms with Gasteiger partial charge in [0, 0.05) is 5.92 Å². The largest absolute Gasteiger partial charge is 0.0683 e. The molecule has 0 saturated carbocycles. The van der Waals surface area contributed by atoms with E-state index in [0.717, 1.165) is 6.42 Å². The van der Waals surface area contributed by atoms with Gasteiger partial charge in [-0.1, -0.05) is 80.9 Å². The second kappa shape index (κ2) is 7.71. The second-order valence-corrected chi connectivity index (χ2v) is 4.28. The topological polar surface area (TPSA) is 0 Å². The standard InChI is InChI=1S/C16H18.C2H6/c1-3-16(14-7-5-4-6-8-14)15-11-9-13(2)10-12-15;1-2/h4-12,16H,3H2,1-2H3;1-2H3. The molecular formula is C18H24. The van der Waals surface area contributed by atoms with Crippen LogP contribution in [0, 0.1) is 6.92 Å². The molecule has 0 saturated heterocycles. The van der Waals surface area contributed by atoms with Crippen LogP contribution in [0.2, 0.25) is 0 Å². The lowest BCUT2D eigenvalue weighted by Gasteiger charge is -2.16. The monoisotopic (exact) mass is 240 g/mol. The summed E-state index contributed by atoms with van der Waals surface area (Å²) in [5.74, 6) is 0.529. The minimum absolute atomic E-state index is 0.529. The zero-order valence-electron chi connectivity index (χ0n) is 12.0. The van der Waals surface area contributed by atoms with Crippen molar-refractivity contribution in [1.29, 1.82) is 0 Å². The Bertz CT molecular complexity index is 425. The molecule has 1 unspecified atom stereocenters. The highest BCUT2D eigenvalue weighted by Gasteiger charge is 2.10. The summed E-state index contributed by atoms with van der Waals surface area (Å²) in [5, 5.41) is 0. The quantitative estimate of drug-likeness (QED) is 0.658. The molecule has 0 radical (unpaired) electrons. The summed E-state index contributed by atoms with van der Waals surface area (Å²) in [6, 6.07) is 19.6. The van der Waals surface area contributed by atoms with Gasteiger partial charge in [0.1, 0.15) is 0 Å². The summed E-state index contributed by atoms with van der Waals surface area (Å²) >= 11 is 0. The maximum absolute atomic E-state index is 2.25. The van der Waals surface area contributed by atoms with Crippen LogP contribution in [-0.4, -0.2) is 0 Å². The molecule has 2 aromatic carbocycles. The van der Waals surface area contributed by atoms with Gasteiger partial charge in [0.05, 0.1) is 0 Å². The van der Waals surface area contributed by atoms with Crippen LogP contribution in [-0.2, 0) is 0 Å². The van der Waals surface area contributed by atoms with Crippen molar-refractivity contribution in [2.24, 2.45) is 0 Å². The SMILES string of the molecule is CC.CCC(c1ccccc1)c1ccc(C)cc1. The summed E-state index contributed by atoms with van der Waals surface area (Å²) < 4.78 is 0. The van der Waals surface area contributed by atoms with Gasteiger partial charge in [-0.3, -0.25) is 0 Å². The average molecular weight is 240 g/mol. The van der Waals surface area contributed by atoms with Crippen LogP contribution in [0.3, 0.4) is 0 Å². The molecule has 0 bridgehead atoms. The van der Waals surface area contributed by atoms with Gasteiger partial charge in [-0.2, -0.15) is 0 Å². The molecule has 0 aliphatic heterocycles. The Kier molecular flexibility index (Phi) is 6.21. The maximum atomic E-state index is 2.25. The van der Waals surface area contributed by atoms with Gasteiger partial charge in [0.15, 0.2) is 0 Å². The first-order valence-electron chi connectivity index (χ1n) is 6.92. The molecule has 1 atom stereocenters. The Balaban J connectivity index is 0.000000771. The summed E-state index contributed by atoms with van der Waals surface area (Å²) in [5.41, 5.74) is 4.15. The summed E-state index contributed by atoms with van der Waals surface area (Å²) in [7, 11) is 0. The molecule has 0 N–H and O–H groups in total. The molecule has 18 heavy (non-hydrogen) atoms. The smallest absolute Gasteiger partial charge is 0.00867 e. The molecule has 0 heterocycles. The van der Waals surface area contributed by atoms with E-state index in [-0.39, 0.29) is 0 Å². The summed E-state index contributed by atoms with van der Waals surface area (Å²) in [6.45, 7) is 8.38.